The smallest absolute Gasteiger partial charge is 0.209 e. The van der Waals surface area contributed by atoms with Gasteiger partial charge in [-0.05, 0) is 105 Å². The van der Waals surface area contributed by atoms with E-state index in [1.807, 2.05) is 0 Å². The van der Waals surface area contributed by atoms with Crippen molar-refractivity contribution in [3.63, 3.8) is 0 Å². The summed E-state index contributed by atoms with van der Waals surface area (Å²) in [5, 5.41) is 8.47. The molecular formula is C63H40N4O. The summed E-state index contributed by atoms with van der Waals surface area (Å²) < 4.78 is 9.80. The molecule has 12 aromatic rings. The van der Waals surface area contributed by atoms with Crippen LogP contribution in [0.15, 0.2) is 240 Å². The van der Waals surface area contributed by atoms with Crippen molar-refractivity contribution in [2.24, 2.45) is 4.99 Å². The van der Waals surface area contributed by atoms with Crippen molar-refractivity contribution in [1.29, 1.82) is 0 Å². The first-order chi connectivity index (χ1) is 33.8. The zero-order chi connectivity index (χ0) is 44.5. The molecule has 3 heterocycles. The van der Waals surface area contributed by atoms with E-state index < -0.39 is 5.41 Å². The lowest BCUT2D eigenvalue weighted by molar-refractivity contribution is 0.673. The van der Waals surface area contributed by atoms with E-state index in [0.717, 1.165) is 78.2 Å². The Morgan fingerprint density at radius 3 is 1.96 bits per heavy atom. The van der Waals surface area contributed by atoms with Gasteiger partial charge in [0.1, 0.15) is 11.2 Å². The van der Waals surface area contributed by atoms with Crippen LogP contribution in [0.5, 0.6) is 0 Å². The second-order valence-electron chi connectivity index (χ2n) is 18.2. The van der Waals surface area contributed by atoms with E-state index in [2.05, 4.69) is 245 Å². The van der Waals surface area contributed by atoms with Gasteiger partial charge >= 0.3 is 0 Å². The average Bonchev–Trinajstić information content (AvgIpc) is 4.13. The second-order valence-corrected chi connectivity index (χ2v) is 18.2. The summed E-state index contributed by atoms with van der Waals surface area (Å²) in [5.74, 6) is 0.768. The number of para-hydroxylation sites is 4. The monoisotopic (exact) mass is 868 g/mol. The van der Waals surface area contributed by atoms with Gasteiger partial charge in [0.25, 0.3) is 0 Å². The molecule has 15 rings (SSSR count). The molecule has 0 saturated heterocycles. The van der Waals surface area contributed by atoms with E-state index in [0.29, 0.717) is 0 Å². The number of nitrogens with one attached hydrogen (secondary N) is 1. The minimum Gasteiger partial charge on any atom is -0.455 e. The van der Waals surface area contributed by atoms with E-state index in [1.165, 1.54) is 49.9 Å². The maximum absolute atomic E-state index is 7.43. The Bertz CT molecular complexity index is 4070. The van der Waals surface area contributed by atoms with Crippen LogP contribution >= 0.6 is 0 Å². The molecule has 1 spiro atoms. The number of rotatable bonds is 4. The van der Waals surface area contributed by atoms with Gasteiger partial charge in [0.2, 0.25) is 5.96 Å². The number of fused-ring (bicyclic) bond motifs is 19. The van der Waals surface area contributed by atoms with Crippen LogP contribution in [0.4, 0.5) is 17.1 Å². The van der Waals surface area contributed by atoms with Gasteiger partial charge in [0, 0.05) is 44.3 Å². The summed E-state index contributed by atoms with van der Waals surface area (Å²) in [6, 6.07) is 83.4. The molecule has 0 fully saturated rings. The second kappa shape index (κ2) is 14.0. The van der Waals surface area contributed by atoms with Crippen LogP contribution in [0.25, 0.3) is 71.7 Å². The van der Waals surface area contributed by atoms with Crippen LogP contribution in [0.3, 0.4) is 0 Å². The molecule has 2 aliphatic carbocycles. The van der Waals surface area contributed by atoms with Gasteiger partial charge in [0.05, 0.1) is 33.6 Å². The number of furan rings is 1. The highest BCUT2D eigenvalue weighted by Crippen LogP contribution is 2.64. The first kappa shape index (κ1) is 37.3. The number of aromatic nitrogens is 1. The number of hydrogen-bond donors (Lipinski definition) is 1. The summed E-state index contributed by atoms with van der Waals surface area (Å²) in [7, 11) is 0. The van der Waals surface area contributed by atoms with E-state index in [4.69, 9.17) is 9.41 Å². The molecule has 0 amide bonds. The Morgan fingerprint density at radius 1 is 0.471 bits per heavy atom. The van der Waals surface area contributed by atoms with Crippen LogP contribution in [0.2, 0.25) is 0 Å². The third-order valence-corrected chi connectivity index (χ3v) is 14.9. The highest BCUT2D eigenvalue weighted by Gasteiger charge is 2.53. The van der Waals surface area contributed by atoms with Crippen molar-refractivity contribution in [2.45, 2.75) is 11.5 Å². The number of benzene rings is 10. The fourth-order valence-corrected chi connectivity index (χ4v) is 12.1. The molecule has 3 aliphatic rings. The third kappa shape index (κ3) is 4.97. The SMILES string of the molecule is c1ccc(C2NC(N(c3ccccc3)c3ccc4c(c3)C3(c5ccccc5-4)c4ccccc4-c4c3ccc3c4oc4c3ccc3c4c4ccccc4n3-c3ccccc3)=Nc3ccccc32)cc1. The molecule has 10 aromatic carbocycles. The first-order valence-corrected chi connectivity index (χ1v) is 23.4. The molecule has 2 aromatic heterocycles. The quantitative estimate of drug-likeness (QED) is 0.192. The van der Waals surface area contributed by atoms with Crippen LogP contribution < -0.4 is 10.2 Å². The number of guanidine groups is 1. The Morgan fingerprint density at radius 2 is 1.12 bits per heavy atom. The minimum absolute atomic E-state index is 0.0907. The van der Waals surface area contributed by atoms with Gasteiger partial charge < -0.3 is 14.3 Å². The lowest BCUT2D eigenvalue weighted by atomic mass is 9.70. The molecule has 0 saturated carbocycles. The summed E-state index contributed by atoms with van der Waals surface area (Å²) in [6.45, 7) is 0. The summed E-state index contributed by atoms with van der Waals surface area (Å²) >= 11 is 0. The zero-order valence-electron chi connectivity index (χ0n) is 36.8. The van der Waals surface area contributed by atoms with E-state index in [1.54, 1.807) is 0 Å². The lowest BCUT2D eigenvalue weighted by Crippen LogP contribution is -2.42. The van der Waals surface area contributed by atoms with Crippen LogP contribution in [0.1, 0.15) is 39.4 Å². The van der Waals surface area contributed by atoms with Crippen molar-refractivity contribution in [2.75, 3.05) is 4.90 Å². The normalized spacial score (nSPS) is 16.4. The van der Waals surface area contributed by atoms with Crippen molar-refractivity contribution in [3.05, 3.63) is 264 Å². The Labute approximate surface area is 392 Å². The maximum atomic E-state index is 7.43. The molecule has 2 atom stereocenters. The maximum Gasteiger partial charge on any atom is 0.209 e. The molecule has 1 N–H and O–H groups in total. The standard InChI is InChI=1S/C63H40N4O/c1-4-18-39(19-5-1)59-48-26-12-16-30-54(48)64-62(65-59)66(40-20-6-2-7-21-40)42-32-33-44-43-24-10-14-28-50(43)63(53(44)38-42)51-29-15-11-25-47(51)57-52(63)36-34-45-46-35-37-56-58(61(46)68-60(45)57)49-27-13-17-31-55(49)67(56)41-22-8-3-9-23-41/h1-38,59H,(H,64,65). The first-order valence-electron chi connectivity index (χ1n) is 23.4. The average molecular weight is 869 g/mol. The van der Waals surface area contributed by atoms with Gasteiger partial charge in [-0.3, -0.25) is 4.90 Å². The fraction of sp³-hybridized carbons (Fsp3) is 0.0317. The van der Waals surface area contributed by atoms with Crippen LogP contribution in [-0.4, -0.2) is 10.5 Å². The molecule has 68 heavy (non-hydrogen) atoms. The summed E-state index contributed by atoms with van der Waals surface area (Å²) in [6.07, 6.45) is 0. The van der Waals surface area contributed by atoms with Crippen molar-refractivity contribution >= 4 is 66.8 Å². The largest absolute Gasteiger partial charge is 0.455 e. The van der Waals surface area contributed by atoms with E-state index >= 15 is 0 Å². The third-order valence-electron chi connectivity index (χ3n) is 14.9. The predicted molar refractivity (Wildman–Crippen MR) is 278 cm³/mol. The summed E-state index contributed by atoms with van der Waals surface area (Å²) in [5.41, 5.74) is 19.8. The topological polar surface area (TPSA) is 45.7 Å². The minimum atomic E-state index is -0.622. The molecule has 5 heteroatoms. The number of hydrogen-bond acceptors (Lipinski definition) is 4. The molecule has 0 radical (unpaired) electrons. The van der Waals surface area contributed by atoms with Crippen molar-refractivity contribution < 1.29 is 4.42 Å². The molecule has 5 nitrogen and oxygen atoms in total. The van der Waals surface area contributed by atoms with Gasteiger partial charge in [0.15, 0.2) is 0 Å². The van der Waals surface area contributed by atoms with Crippen LogP contribution in [0, 0.1) is 0 Å². The molecule has 318 valence electrons. The van der Waals surface area contributed by atoms with E-state index in [-0.39, 0.29) is 6.04 Å². The molecule has 2 unspecified atom stereocenters. The van der Waals surface area contributed by atoms with E-state index in [9.17, 15) is 0 Å². The number of aliphatic imine (C=N–C) groups is 1. The lowest BCUT2D eigenvalue weighted by Gasteiger charge is -2.35. The Hall–Kier alpha value is -8.93. The highest BCUT2D eigenvalue weighted by molar-refractivity contribution is 6.25. The Balaban J connectivity index is 0.981. The van der Waals surface area contributed by atoms with Gasteiger partial charge in [-0.1, -0.05) is 170 Å². The summed E-state index contributed by atoms with van der Waals surface area (Å²) in [4.78, 5) is 7.70. The number of anilines is 2. The zero-order valence-corrected chi connectivity index (χ0v) is 36.8. The van der Waals surface area contributed by atoms with Crippen molar-refractivity contribution in [1.82, 2.24) is 9.88 Å². The molecule has 0 bridgehead atoms. The Kier molecular flexibility index (Phi) is 7.70. The highest BCUT2D eigenvalue weighted by atomic mass is 16.3. The molecular weight excluding hydrogens is 829 g/mol. The predicted octanol–water partition coefficient (Wildman–Crippen LogP) is 15.5. The number of nitrogens with zero attached hydrogens (tertiary/aromatic N) is 3. The van der Waals surface area contributed by atoms with Gasteiger partial charge in [-0.25, -0.2) is 4.99 Å². The van der Waals surface area contributed by atoms with Crippen LogP contribution in [-0.2, 0) is 5.41 Å². The van der Waals surface area contributed by atoms with Gasteiger partial charge in [-0.15, -0.1) is 0 Å². The van der Waals surface area contributed by atoms with Gasteiger partial charge in [-0.2, -0.15) is 0 Å². The molecule has 1 aliphatic heterocycles. The fourth-order valence-electron chi connectivity index (χ4n) is 12.1. The van der Waals surface area contributed by atoms with Crippen molar-refractivity contribution in [3.8, 4) is 27.9 Å².